The Morgan fingerprint density at radius 3 is 2.62 bits per heavy atom. The number of fused-ring (bicyclic) bond motifs is 2. The summed E-state index contributed by atoms with van der Waals surface area (Å²) in [6.07, 6.45) is 2.03. The fourth-order valence-electron chi connectivity index (χ4n) is 5.39. The Morgan fingerprint density at radius 2 is 1.87 bits per heavy atom. The van der Waals surface area contributed by atoms with Gasteiger partial charge in [-0.05, 0) is 47.9 Å². The summed E-state index contributed by atoms with van der Waals surface area (Å²) < 4.78 is 33.0. The minimum Gasteiger partial charge on any atom is -0.410 e. The van der Waals surface area contributed by atoms with Gasteiger partial charge in [-0.1, -0.05) is 49.7 Å². The van der Waals surface area contributed by atoms with Gasteiger partial charge in [0, 0.05) is 12.7 Å². The van der Waals surface area contributed by atoms with Crippen molar-refractivity contribution in [3.05, 3.63) is 72.6 Å². The van der Waals surface area contributed by atoms with E-state index in [1.54, 1.807) is 30.3 Å². The van der Waals surface area contributed by atoms with Crippen molar-refractivity contribution >= 4 is 38.6 Å². The average molecular weight is 551 g/mol. The number of pyridine rings is 1. The van der Waals surface area contributed by atoms with Crippen molar-refractivity contribution in [2.45, 2.75) is 50.1 Å². The molecule has 0 aliphatic carbocycles. The third-order valence-electron chi connectivity index (χ3n) is 7.17. The van der Waals surface area contributed by atoms with E-state index in [4.69, 9.17) is 4.74 Å². The Labute approximate surface area is 227 Å². The quantitative estimate of drug-likeness (QED) is 0.457. The van der Waals surface area contributed by atoms with Crippen LogP contribution in [0.15, 0.2) is 66.9 Å². The summed E-state index contributed by atoms with van der Waals surface area (Å²) in [6.45, 7) is 1.82. The van der Waals surface area contributed by atoms with Gasteiger partial charge < -0.3 is 15.0 Å². The largest absolute Gasteiger partial charge is 0.413 e. The Kier molecular flexibility index (Phi) is 7.62. The number of rotatable bonds is 8. The molecule has 0 saturated carbocycles. The summed E-state index contributed by atoms with van der Waals surface area (Å²) in [5.41, 5.74) is 0.386. The molecule has 1 aromatic heterocycles. The first-order valence-electron chi connectivity index (χ1n) is 13.0. The number of hydrogen-bond donors (Lipinski definition) is 1. The van der Waals surface area contributed by atoms with Gasteiger partial charge in [0.1, 0.15) is 23.6 Å². The number of likely N-dealkylation sites (tertiary alicyclic amines) is 1. The highest BCUT2D eigenvalue weighted by molar-refractivity contribution is 7.88. The first-order valence-corrected chi connectivity index (χ1v) is 14.6. The summed E-state index contributed by atoms with van der Waals surface area (Å²) in [5.74, 6) is -0.727. The molecule has 3 aromatic rings. The Morgan fingerprint density at radius 1 is 1.10 bits per heavy atom. The van der Waals surface area contributed by atoms with E-state index in [0.717, 1.165) is 10.8 Å². The number of nitrogens with zero attached hydrogens (tertiary/aromatic N) is 3. The molecule has 11 heteroatoms. The van der Waals surface area contributed by atoms with Gasteiger partial charge in [-0.2, -0.15) is 4.31 Å². The van der Waals surface area contributed by atoms with Crippen molar-refractivity contribution in [2.75, 3.05) is 13.1 Å². The van der Waals surface area contributed by atoms with Crippen molar-refractivity contribution in [2.24, 2.45) is 0 Å². The molecule has 10 nitrogen and oxygen atoms in total. The standard InChI is InChI=1S/C28H30N4O6S/c1-2-7-23(30-28(35)38-22-12-11-19-8-3-4-9-20(19)16-22)27(34)31-15-13-24-26(31)25(33)17-32(24)39(36,37)18-21-10-5-6-14-29-21/h3-6,8-12,14,16,23-24,26H,2,7,13,15,17-18H2,1H3,(H,30,35). The van der Waals surface area contributed by atoms with Gasteiger partial charge in [0.05, 0.1) is 18.3 Å². The number of carbonyl (C=O) groups is 3. The van der Waals surface area contributed by atoms with Crippen molar-refractivity contribution in [1.29, 1.82) is 0 Å². The molecule has 5 rings (SSSR count). The predicted molar refractivity (Wildman–Crippen MR) is 144 cm³/mol. The highest BCUT2D eigenvalue weighted by Crippen LogP contribution is 2.33. The molecular formula is C28H30N4O6S. The zero-order valence-electron chi connectivity index (χ0n) is 21.5. The first-order chi connectivity index (χ1) is 18.8. The molecule has 2 aromatic carbocycles. The lowest BCUT2D eigenvalue weighted by molar-refractivity contribution is -0.138. The maximum atomic E-state index is 13.6. The van der Waals surface area contributed by atoms with E-state index in [1.165, 1.54) is 15.4 Å². The molecule has 3 heterocycles. The fraction of sp³-hybridized carbons (Fsp3) is 0.357. The maximum absolute atomic E-state index is 13.6. The van der Waals surface area contributed by atoms with Gasteiger partial charge in [0.2, 0.25) is 15.9 Å². The smallest absolute Gasteiger partial charge is 0.410 e. The van der Waals surface area contributed by atoms with Crippen molar-refractivity contribution in [3.8, 4) is 5.75 Å². The van der Waals surface area contributed by atoms with Crippen LogP contribution in [0.25, 0.3) is 10.8 Å². The normalized spacial score (nSPS) is 20.1. The third kappa shape index (κ3) is 5.64. The lowest BCUT2D eigenvalue weighted by Crippen LogP contribution is -2.53. The zero-order chi connectivity index (χ0) is 27.6. The molecule has 2 saturated heterocycles. The molecule has 2 aliphatic heterocycles. The number of carbonyl (C=O) groups excluding carboxylic acids is 3. The molecule has 3 unspecified atom stereocenters. The summed E-state index contributed by atoms with van der Waals surface area (Å²) in [5, 5.41) is 4.57. The van der Waals surface area contributed by atoms with Crippen LogP contribution in [-0.4, -0.2) is 71.6 Å². The lowest BCUT2D eigenvalue weighted by Gasteiger charge is -2.28. The molecule has 2 fully saturated rings. The van der Waals surface area contributed by atoms with Crippen LogP contribution in [0.3, 0.4) is 0 Å². The monoisotopic (exact) mass is 550 g/mol. The third-order valence-corrected chi connectivity index (χ3v) is 8.95. The van der Waals surface area contributed by atoms with Gasteiger partial charge in [-0.3, -0.25) is 14.6 Å². The number of amides is 2. The molecule has 39 heavy (non-hydrogen) atoms. The van der Waals surface area contributed by atoms with Crippen LogP contribution in [0.2, 0.25) is 0 Å². The number of ketones is 1. The number of Topliss-reactive ketones (excluding diaryl/α,β-unsaturated/α-hetero) is 1. The average Bonchev–Trinajstić information content (AvgIpc) is 3.50. The number of sulfonamides is 1. The van der Waals surface area contributed by atoms with E-state index in [9.17, 15) is 22.8 Å². The van der Waals surface area contributed by atoms with Crippen molar-refractivity contribution in [3.63, 3.8) is 0 Å². The summed E-state index contributed by atoms with van der Waals surface area (Å²) in [4.78, 5) is 44.8. The minimum absolute atomic E-state index is 0.219. The topological polar surface area (TPSA) is 126 Å². The van der Waals surface area contributed by atoms with E-state index >= 15 is 0 Å². The van der Waals surface area contributed by atoms with Crippen LogP contribution in [0.4, 0.5) is 4.79 Å². The molecule has 2 aliphatic rings. The Balaban J connectivity index is 1.27. The van der Waals surface area contributed by atoms with E-state index < -0.39 is 40.1 Å². The van der Waals surface area contributed by atoms with Gasteiger partial charge in [0.15, 0.2) is 5.78 Å². The number of benzene rings is 2. The molecule has 0 radical (unpaired) electrons. The van der Waals surface area contributed by atoms with Gasteiger partial charge in [-0.15, -0.1) is 0 Å². The number of aromatic nitrogens is 1. The predicted octanol–water partition coefficient (Wildman–Crippen LogP) is 2.88. The fourth-order valence-corrected chi connectivity index (χ4v) is 7.06. The highest BCUT2D eigenvalue weighted by Gasteiger charge is 2.54. The number of ether oxygens (including phenoxy) is 1. The highest BCUT2D eigenvalue weighted by atomic mass is 32.2. The Hall–Kier alpha value is -3.83. The zero-order valence-corrected chi connectivity index (χ0v) is 22.3. The number of nitrogens with one attached hydrogen (secondary N) is 1. The molecule has 204 valence electrons. The molecule has 0 bridgehead atoms. The second kappa shape index (κ2) is 11.1. The number of hydrogen-bond acceptors (Lipinski definition) is 7. The maximum Gasteiger partial charge on any atom is 0.413 e. The van der Waals surface area contributed by atoms with Crippen LogP contribution in [0.5, 0.6) is 5.75 Å². The summed E-state index contributed by atoms with van der Waals surface area (Å²) in [6, 6.07) is 15.5. The summed E-state index contributed by atoms with van der Waals surface area (Å²) >= 11 is 0. The summed E-state index contributed by atoms with van der Waals surface area (Å²) in [7, 11) is -3.83. The first kappa shape index (κ1) is 26.8. The van der Waals surface area contributed by atoms with Crippen LogP contribution >= 0.6 is 0 Å². The second-order valence-corrected chi connectivity index (χ2v) is 11.7. The molecule has 0 spiro atoms. The molecular weight excluding hydrogens is 520 g/mol. The van der Waals surface area contributed by atoms with Gasteiger partial charge >= 0.3 is 6.09 Å². The minimum atomic E-state index is -3.83. The van der Waals surface area contributed by atoms with Crippen LogP contribution < -0.4 is 10.1 Å². The van der Waals surface area contributed by atoms with Crippen LogP contribution in [0.1, 0.15) is 31.9 Å². The SMILES string of the molecule is CCCC(NC(=O)Oc1ccc2ccccc2c1)C(=O)N1CCC2C1C(=O)CN2S(=O)(=O)Cc1ccccn1. The molecule has 3 atom stereocenters. The van der Waals surface area contributed by atoms with Crippen LogP contribution in [-0.2, 0) is 25.4 Å². The van der Waals surface area contributed by atoms with Crippen molar-refractivity contribution < 1.29 is 27.5 Å². The van der Waals surface area contributed by atoms with Crippen molar-refractivity contribution in [1.82, 2.24) is 19.5 Å². The van der Waals surface area contributed by atoms with E-state index in [2.05, 4.69) is 10.3 Å². The second-order valence-electron chi connectivity index (χ2n) is 9.81. The lowest BCUT2D eigenvalue weighted by atomic mass is 10.1. The van der Waals surface area contributed by atoms with E-state index in [1.807, 2.05) is 37.3 Å². The van der Waals surface area contributed by atoms with E-state index in [-0.39, 0.29) is 24.6 Å². The Bertz CT molecular complexity index is 1500. The molecule has 1 N–H and O–H groups in total. The van der Waals surface area contributed by atoms with Crippen LogP contribution in [0, 0.1) is 0 Å². The van der Waals surface area contributed by atoms with Gasteiger partial charge in [0.25, 0.3) is 0 Å². The molecule has 2 amide bonds. The van der Waals surface area contributed by atoms with Gasteiger partial charge in [-0.25, -0.2) is 13.2 Å². The van der Waals surface area contributed by atoms with E-state index in [0.29, 0.717) is 30.7 Å².